The molecule has 0 aliphatic heterocycles. The number of rotatable bonds is 5. The highest BCUT2D eigenvalue weighted by molar-refractivity contribution is 7.90. The summed E-state index contributed by atoms with van der Waals surface area (Å²) < 4.78 is 30.1. The number of esters is 1. The molecule has 0 radical (unpaired) electrons. The van der Waals surface area contributed by atoms with Crippen molar-refractivity contribution in [2.24, 2.45) is 0 Å². The zero-order chi connectivity index (χ0) is 19.6. The lowest BCUT2D eigenvalue weighted by Gasteiger charge is -2.10. The summed E-state index contributed by atoms with van der Waals surface area (Å²) in [6.07, 6.45) is 1.09. The van der Waals surface area contributed by atoms with Crippen LogP contribution in [0.25, 0.3) is 16.9 Å². The van der Waals surface area contributed by atoms with Crippen LogP contribution in [-0.2, 0) is 14.6 Å². The first-order valence-electron chi connectivity index (χ1n) is 8.21. The topological polar surface area (TPSA) is 98.2 Å². The van der Waals surface area contributed by atoms with Crippen LogP contribution in [0.5, 0.6) is 0 Å². The van der Waals surface area contributed by atoms with Gasteiger partial charge in [0.1, 0.15) is 0 Å². The van der Waals surface area contributed by atoms with Crippen LogP contribution in [-0.4, -0.2) is 36.8 Å². The summed E-state index contributed by atoms with van der Waals surface area (Å²) >= 11 is 0. The number of H-pyrrole nitrogens is 1. The second-order valence-electron chi connectivity index (χ2n) is 5.85. The largest absolute Gasteiger partial charge is 0.461 e. The summed E-state index contributed by atoms with van der Waals surface area (Å²) in [6, 6.07) is 14.9. The number of aromatic nitrogens is 2. The molecule has 1 N–H and O–H groups in total. The summed E-state index contributed by atoms with van der Waals surface area (Å²) in [5, 5.41) is 0. The minimum absolute atomic E-state index is 0.0119. The molecule has 0 saturated carbocycles. The maximum atomic E-state index is 12.7. The molecule has 8 heteroatoms. The van der Waals surface area contributed by atoms with Crippen LogP contribution in [0.4, 0.5) is 0 Å². The van der Waals surface area contributed by atoms with Crippen LogP contribution in [0, 0.1) is 0 Å². The van der Waals surface area contributed by atoms with Crippen LogP contribution < -0.4 is 5.69 Å². The molecule has 0 amide bonds. The van der Waals surface area contributed by atoms with Crippen molar-refractivity contribution in [2.45, 2.75) is 11.8 Å². The Hall–Kier alpha value is -3.13. The molecule has 0 fully saturated rings. The average Bonchev–Trinajstić information content (AvgIpc) is 2.99. The molecule has 0 unspecified atom stereocenters. The monoisotopic (exact) mass is 386 g/mol. The highest BCUT2D eigenvalue weighted by Crippen LogP contribution is 2.26. The van der Waals surface area contributed by atoms with Crippen LogP contribution in [0.15, 0.2) is 64.3 Å². The Bertz CT molecular complexity index is 1140. The molecule has 27 heavy (non-hydrogen) atoms. The fourth-order valence-corrected chi connectivity index (χ4v) is 3.42. The van der Waals surface area contributed by atoms with Crippen molar-refractivity contribution >= 4 is 15.8 Å². The van der Waals surface area contributed by atoms with E-state index in [-0.39, 0.29) is 17.2 Å². The fourth-order valence-electron chi connectivity index (χ4n) is 2.76. The maximum absolute atomic E-state index is 12.7. The number of ether oxygens (including phenoxy) is 1. The van der Waals surface area contributed by atoms with Gasteiger partial charge < -0.3 is 4.74 Å². The highest BCUT2D eigenvalue weighted by Gasteiger charge is 2.23. The van der Waals surface area contributed by atoms with Gasteiger partial charge in [0, 0.05) is 11.8 Å². The molecule has 0 atom stereocenters. The van der Waals surface area contributed by atoms with Crippen molar-refractivity contribution in [3.63, 3.8) is 0 Å². The molecule has 2 aromatic carbocycles. The van der Waals surface area contributed by atoms with Gasteiger partial charge in [0.05, 0.1) is 22.9 Å². The number of hydrogen-bond acceptors (Lipinski definition) is 5. The van der Waals surface area contributed by atoms with E-state index >= 15 is 0 Å². The maximum Gasteiger partial charge on any atom is 0.357 e. The molecule has 7 nitrogen and oxygen atoms in total. The van der Waals surface area contributed by atoms with E-state index in [4.69, 9.17) is 4.74 Å². The number of nitrogens with zero attached hydrogens (tertiary/aromatic N) is 1. The van der Waals surface area contributed by atoms with Crippen LogP contribution in [0.2, 0.25) is 0 Å². The van der Waals surface area contributed by atoms with Crippen LogP contribution in [0.1, 0.15) is 17.4 Å². The van der Waals surface area contributed by atoms with Gasteiger partial charge in [-0.3, -0.25) is 9.55 Å². The first-order valence-corrected chi connectivity index (χ1v) is 10.1. The van der Waals surface area contributed by atoms with Crippen LogP contribution >= 0.6 is 0 Å². The van der Waals surface area contributed by atoms with E-state index in [1.165, 1.54) is 16.7 Å². The Morgan fingerprint density at radius 3 is 2.44 bits per heavy atom. The minimum atomic E-state index is -3.46. The van der Waals surface area contributed by atoms with Crippen molar-refractivity contribution in [3.05, 3.63) is 70.8 Å². The van der Waals surface area contributed by atoms with Crippen molar-refractivity contribution in [2.75, 3.05) is 12.9 Å². The molecule has 0 spiro atoms. The molecule has 1 heterocycles. The van der Waals surface area contributed by atoms with E-state index in [0.29, 0.717) is 16.9 Å². The van der Waals surface area contributed by atoms with E-state index in [1.54, 1.807) is 43.3 Å². The number of imidazole rings is 1. The van der Waals surface area contributed by atoms with Gasteiger partial charge >= 0.3 is 11.7 Å². The zero-order valence-electron chi connectivity index (χ0n) is 14.8. The van der Waals surface area contributed by atoms with E-state index < -0.39 is 21.5 Å². The number of nitrogens with one attached hydrogen (secondary N) is 1. The lowest BCUT2D eigenvalue weighted by Crippen LogP contribution is -2.16. The molecule has 1 aromatic heterocycles. The van der Waals surface area contributed by atoms with Gasteiger partial charge in [-0.05, 0) is 25.1 Å². The molecule has 3 aromatic rings. The third-order valence-electron chi connectivity index (χ3n) is 3.93. The summed E-state index contributed by atoms with van der Waals surface area (Å²) in [5.41, 5.74) is 0.697. The molecular formula is C19H18N2O5S. The Balaban J connectivity index is 2.31. The predicted octanol–water partition coefficient (Wildman–Crippen LogP) is 2.41. The van der Waals surface area contributed by atoms with Gasteiger partial charge in [-0.2, -0.15) is 0 Å². The van der Waals surface area contributed by atoms with E-state index in [9.17, 15) is 18.0 Å². The highest BCUT2D eigenvalue weighted by atomic mass is 32.2. The summed E-state index contributed by atoms with van der Waals surface area (Å²) in [6.45, 7) is 1.83. The molecule has 0 saturated heterocycles. The molecule has 140 valence electrons. The quantitative estimate of drug-likeness (QED) is 0.679. The first kappa shape index (κ1) is 18.7. The predicted molar refractivity (Wildman–Crippen MR) is 101 cm³/mol. The number of benzene rings is 2. The second kappa shape index (κ2) is 7.24. The lowest BCUT2D eigenvalue weighted by atomic mass is 10.1. The van der Waals surface area contributed by atoms with Crippen molar-refractivity contribution in [1.82, 2.24) is 9.55 Å². The fraction of sp³-hybridized carbons (Fsp3) is 0.158. The van der Waals surface area contributed by atoms with Gasteiger partial charge in [0.25, 0.3) is 0 Å². The van der Waals surface area contributed by atoms with E-state index in [1.807, 2.05) is 6.07 Å². The van der Waals surface area contributed by atoms with Gasteiger partial charge in [-0.25, -0.2) is 18.0 Å². The summed E-state index contributed by atoms with van der Waals surface area (Å²) in [4.78, 5) is 27.6. The van der Waals surface area contributed by atoms with Crippen molar-refractivity contribution < 1.29 is 17.9 Å². The molecule has 3 rings (SSSR count). The number of sulfone groups is 1. The van der Waals surface area contributed by atoms with Crippen molar-refractivity contribution in [1.29, 1.82) is 0 Å². The SMILES string of the molecule is CCOC(=O)c1[nH]c(=O)n(-c2cccc(S(C)(=O)=O)c2)c1-c1ccccc1. The smallest absolute Gasteiger partial charge is 0.357 e. The number of carbonyl (C=O) groups is 1. The van der Waals surface area contributed by atoms with E-state index in [2.05, 4.69) is 4.98 Å². The lowest BCUT2D eigenvalue weighted by molar-refractivity contribution is 0.0521. The number of hydrogen-bond donors (Lipinski definition) is 1. The molecule has 0 bridgehead atoms. The van der Waals surface area contributed by atoms with Gasteiger partial charge in [-0.15, -0.1) is 0 Å². The standard InChI is InChI=1S/C19H18N2O5S/c1-3-26-18(22)16-17(13-8-5-4-6-9-13)21(19(23)20-16)14-10-7-11-15(12-14)27(2,24)25/h4-12H,3H2,1-2H3,(H,20,23). The Morgan fingerprint density at radius 2 is 1.81 bits per heavy atom. The number of carbonyl (C=O) groups excluding carboxylic acids is 1. The number of aromatic amines is 1. The normalized spacial score (nSPS) is 11.3. The molecular weight excluding hydrogens is 368 g/mol. The Labute approximate surface area is 156 Å². The van der Waals surface area contributed by atoms with Crippen molar-refractivity contribution in [3.8, 4) is 16.9 Å². The molecule has 0 aliphatic rings. The Morgan fingerprint density at radius 1 is 1.11 bits per heavy atom. The Kier molecular flexibility index (Phi) is 5.00. The van der Waals surface area contributed by atoms with Gasteiger partial charge in [-0.1, -0.05) is 36.4 Å². The summed E-state index contributed by atoms with van der Waals surface area (Å²) in [5.74, 6) is -0.661. The molecule has 0 aliphatic carbocycles. The minimum Gasteiger partial charge on any atom is -0.461 e. The third kappa shape index (κ3) is 3.70. The van der Waals surface area contributed by atoms with E-state index in [0.717, 1.165) is 6.26 Å². The third-order valence-corrected chi connectivity index (χ3v) is 5.04. The second-order valence-corrected chi connectivity index (χ2v) is 7.86. The summed E-state index contributed by atoms with van der Waals surface area (Å²) in [7, 11) is -3.46. The average molecular weight is 386 g/mol. The van der Waals surface area contributed by atoms with Gasteiger partial charge in [0.2, 0.25) is 0 Å². The first-order chi connectivity index (χ1) is 12.8. The zero-order valence-corrected chi connectivity index (χ0v) is 15.6. The van der Waals surface area contributed by atoms with Crippen LogP contribution in [0.3, 0.4) is 0 Å². The van der Waals surface area contributed by atoms with Gasteiger partial charge in [0.15, 0.2) is 15.5 Å².